The molecule has 1 fully saturated rings. The predicted octanol–water partition coefficient (Wildman–Crippen LogP) is 4.65. The number of fused-ring (bicyclic) bond motifs is 1. The molecule has 11 nitrogen and oxygen atoms in total. The lowest BCUT2D eigenvalue weighted by Gasteiger charge is -2.15. The average Bonchev–Trinajstić information content (AvgIpc) is 3.52. The SMILES string of the molecule is CC(=O)Nc1cc(Oc2cnc3nc(Nc4cc(C5CCOC5)nc(C(F)(F)F)c4)n(C)c3c2C#N)ccn1. The van der Waals surface area contributed by atoms with Crippen LogP contribution < -0.4 is 15.4 Å². The summed E-state index contributed by atoms with van der Waals surface area (Å²) in [6.45, 7) is 2.09. The Hall–Kier alpha value is -4.77. The highest BCUT2D eigenvalue weighted by atomic mass is 19.4. The van der Waals surface area contributed by atoms with Gasteiger partial charge in [-0.05, 0) is 24.6 Å². The van der Waals surface area contributed by atoms with Gasteiger partial charge in [-0.2, -0.15) is 23.4 Å². The minimum Gasteiger partial charge on any atom is -0.454 e. The van der Waals surface area contributed by atoms with E-state index in [0.29, 0.717) is 30.9 Å². The number of carbonyl (C=O) groups is 1. The molecule has 5 heterocycles. The summed E-state index contributed by atoms with van der Waals surface area (Å²) < 4.78 is 53.5. The van der Waals surface area contributed by atoms with E-state index in [2.05, 4.69) is 36.6 Å². The van der Waals surface area contributed by atoms with Gasteiger partial charge in [-0.1, -0.05) is 0 Å². The third kappa shape index (κ3) is 5.43. The van der Waals surface area contributed by atoms with Crippen LogP contribution in [-0.2, 0) is 22.8 Å². The molecular weight excluding hydrogens is 517 g/mol. The third-order valence-electron chi connectivity index (χ3n) is 5.98. The van der Waals surface area contributed by atoms with E-state index < -0.39 is 11.9 Å². The molecule has 0 aliphatic carbocycles. The van der Waals surface area contributed by atoms with E-state index in [1.54, 1.807) is 13.1 Å². The zero-order valence-electron chi connectivity index (χ0n) is 20.7. The fourth-order valence-electron chi connectivity index (χ4n) is 4.18. The van der Waals surface area contributed by atoms with Gasteiger partial charge >= 0.3 is 6.18 Å². The van der Waals surface area contributed by atoms with E-state index in [9.17, 15) is 23.2 Å². The molecular formula is C25H21F3N8O3. The number of rotatable bonds is 6. The minimum absolute atomic E-state index is 0.107. The molecule has 5 rings (SSSR count). The summed E-state index contributed by atoms with van der Waals surface area (Å²) in [5.41, 5.74) is -0.0256. The summed E-state index contributed by atoms with van der Waals surface area (Å²) in [7, 11) is 1.60. The molecule has 39 heavy (non-hydrogen) atoms. The van der Waals surface area contributed by atoms with Gasteiger partial charge in [-0.15, -0.1) is 0 Å². The molecule has 2 N–H and O–H groups in total. The first kappa shape index (κ1) is 25.9. The molecule has 1 aliphatic heterocycles. The molecule has 14 heteroatoms. The number of nitriles is 1. The Labute approximate surface area is 219 Å². The van der Waals surface area contributed by atoms with Crippen molar-refractivity contribution in [1.29, 1.82) is 5.26 Å². The molecule has 1 saturated heterocycles. The van der Waals surface area contributed by atoms with Gasteiger partial charge in [0.05, 0.1) is 12.8 Å². The second-order valence-corrected chi connectivity index (χ2v) is 8.79. The van der Waals surface area contributed by atoms with Crippen LogP contribution in [0.2, 0.25) is 0 Å². The number of imidazole rings is 1. The van der Waals surface area contributed by atoms with Gasteiger partial charge in [-0.25, -0.2) is 15.0 Å². The number of halogens is 3. The molecule has 0 bridgehead atoms. The summed E-state index contributed by atoms with van der Waals surface area (Å²) in [6.07, 6.45) is -1.32. The second-order valence-electron chi connectivity index (χ2n) is 8.79. The van der Waals surface area contributed by atoms with Gasteiger partial charge in [0, 0.05) is 50.1 Å². The van der Waals surface area contributed by atoms with Crippen LogP contribution in [0.25, 0.3) is 11.2 Å². The monoisotopic (exact) mass is 538 g/mol. The first-order valence-electron chi connectivity index (χ1n) is 11.7. The van der Waals surface area contributed by atoms with Gasteiger partial charge < -0.3 is 24.7 Å². The van der Waals surface area contributed by atoms with Gasteiger partial charge in [-0.3, -0.25) is 4.79 Å². The molecule has 0 radical (unpaired) electrons. The normalized spacial score (nSPS) is 15.2. The van der Waals surface area contributed by atoms with Gasteiger partial charge in [0.1, 0.15) is 34.4 Å². The first-order chi connectivity index (χ1) is 18.6. The van der Waals surface area contributed by atoms with Crippen molar-refractivity contribution in [1.82, 2.24) is 24.5 Å². The molecule has 1 unspecified atom stereocenters. The maximum Gasteiger partial charge on any atom is 0.433 e. The Morgan fingerprint density at radius 3 is 2.77 bits per heavy atom. The molecule has 0 spiro atoms. The van der Waals surface area contributed by atoms with Crippen LogP contribution in [0.4, 0.5) is 30.6 Å². The number of carbonyl (C=O) groups excluding carboxylic acids is 1. The molecule has 4 aromatic heterocycles. The Balaban J connectivity index is 1.50. The van der Waals surface area contributed by atoms with Crippen molar-refractivity contribution in [2.45, 2.75) is 25.4 Å². The van der Waals surface area contributed by atoms with Crippen LogP contribution in [-0.4, -0.2) is 43.6 Å². The van der Waals surface area contributed by atoms with Gasteiger partial charge in [0.25, 0.3) is 0 Å². The van der Waals surface area contributed by atoms with E-state index >= 15 is 0 Å². The number of ether oxygens (including phenoxy) is 2. The summed E-state index contributed by atoms with van der Waals surface area (Å²) in [4.78, 5) is 27.8. The van der Waals surface area contributed by atoms with Crippen LogP contribution in [0.1, 0.15) is 36.2 Å². The molecule has 1 atom stereocenters. The molecule has 4 aromatic rings. The number of anilines is 3. The molecule has 0 aromatic carbocycles. The topological polar surface area (TPSA) is 140 Å². The van der Waals surface area contributed by atoms with E-state index in [1.807, 2.05) is 0 Å². The quantitative estimate of drug-likeness (QED) is 0.359. The molecule has 200 valence electrons. The van der Waals surface area contributed by atoms with Crippen molar-refractivity contribution in [2.75, 3.05) is 23.8 Å². The van der Waals surface area contributed by atoms with Crippen LogP contribution in [0.3, 0.4) is 0 Å². The lowest BCUT2D eigenvalue weighted by molar-refractivity contribution is -0.141. The van der Waals surface area contributed by atoms with Crippen LogP contribution in [0.15, 0.2) is 36.7 Å². The predicted molar refractivity (Wildman–Crippen MR) is 133 cm³/mol. The number of alkyl halides is 3. The smallest absolute Gasteiger partial charge is 0.433 e. The standard InChI is InChI=1S/C25H21F3N8O3/c1-13(37)32-21-9-16(3-5-30-21)39-19-11-31-23-22(17(19)10-29)36(2)24(35-23)33-15-7-18(14-4-6-38-12-14)34-20(8-15)25(26,27)28/h3,5,7-9,11,14H,4,6,12H2,1-2H3,(H,30,32,37)(H,31,33,34,35). The second kappa shape index (κ2) is 10.2. The number of aromatic nitrogens is 5. The fourth-order valence-corrected chi connectivity index (χ4v) is 4.18. The zero-order chi connectivity index (χ0) is 27.7. The number of pyridine rings is 3. The number of amides is 1. The van der Waals surface area contributed by atoms with E-state index in [0.717, 1.165) is 6.07 Å². The summed E-state index contributed by atoms with van der Waals surface area (Å²) in [6, 6.07) is 7.56. The number of nitrogens with one attached hydrogen (secondary N) is 2. The molecule has 1 amide bonds. The van der Waals surface area contributed by atoms with Crippen molar-refractivity contribution in [3.8, 4) is 17.6 Å². The largest absolute Gasteiger partial charge is 0.454 e. The first-order valence-corrected chi connectivity index (χ1v) is 11.7. The van der Waals surface area contributed by atoms with Crippen molar-refractivity contribution in [2.24, 2.45) is 7.05 Å². The minimum atomic E-state index is -4.65. The van der Waals surface area contributed by atoms with Crippen LogP contribution in [0.5, 0.6) is 11.5 Å². The highest BCUT2D eigenvalue weighted by Gasteiger charge is 2.34. The zero-order valence-corrected chi connectivity index (χ0v) is 20.7. The highest BCUT2D eigenvalue weighted by Crippen LogP contribution is 2.35. The third-order valence-corrected chi connectivity index (χ3v) is 5.98. The lowest BCUT2D eigenvalue weighted by Crippen LogP contribution is -2.13. The van der Waals surface area contributed by atoms with Gasteiger partial charge in [0.2, 0.25) is 11.9 Å². The summed E-state index contributed by atoms with van der Waals surface area (Å²) in [5.74, 6) is 0.280. The van der Waals surface area contributed by atoms with Gasteiger partial charge in [0.15, 0.2) is 11.4 Å². The molecule has 0 saturated carbocycles. The van der Waals surface area contributed by atoms with Crippen LogP contribution in [0, 0.1) is 11.3 Å². The maximum atomic E-state index is 13.6. The lowest BCUT2D eigenvalue weighted by atomic mass is 10.0. The molecule has 1 aliphatic rings. The van der Waals surface area contributed by atoms with Crippen molar-refractivity contribution < 1.29 is 27.4 Å². The Morgan fingerprint density at radius 1 is 1.26 bits per heavy atom. The van der Waals surface area contributed by atoms with Crippen molar-refractivity contribution in [3.05, 3.63) is 53.6 Å². The number of aryl methyl sites for hydroxylation is 1. The summed E-state index contributed by atoms with van der Waals surface area (Å²) in [5, 5.41) is 15.4. The number of hydrogen-bond acceptors (Lipinski definition) is 9. The Bertz CT molecular complexity index is 1610. The van der Waals surface area contributed by atoms with E-state index in [4.69, 9.17) is 9.47 Å². The number of nitrogens with zero attached hydrogens (tertiary/aromatic N) is 6. The highest BCUT2D eigenvalue weighted by molar-refractivity contribution is 5.88. The van der Waals surface area contributed by atoms with Crippen molar-refractivity contribution >= 4 is 34.5 Å². The maximum absolute atomic E-state index is 13.6. The Kier molecular flexibility index (Phi) is 6.75. The number of hydrogen-bond donors (Lipinski definition) is 2. The van der Waals surface area contributed by atoms with E-state index in [-0.39, 0.29) is 51.9 Å². The average molecular weight is 538 g/mol. The summed E-state index contributed by atoms with van der Waals surface area (Å²) >= 11 is 0. The van der Waals surface area contributed by atoms with Crippen molar-refractivity contribution in [3.63, 3.8) is 0 Å². The van der Waals surface area contributed by atoms with Crippen LogP contribution >= 0.6 is 0 Å². The Morgan fingerprint density at radius 2 is 2.08 bits per heavy atom. The fraction of sp³-hybridized carbons (Fsp3) is 0.280. The van der Waals surface area contributed by atoms with E-state index in [1.165, 1.54) is 36.0 Å².